The summed E-state index contributed by atoms with van der Waals surface area (Å²) < 4.78 is 39.2. The predicted octanol–water partition coefficient (Wildman–Crippen LogP) is 3.33. The van der Waals surface area contributed by atoms with E-state index in [4.69, 9.17) is 23.2 Å². The molecule has 100 valence electrons. The number of hydrogen-bond donors (Lipinski definition) is 1. The Balaban J connectivity index is 2.42. The molecule has 4 nitrogen and oxygen atoms in total. The molecule has 1 aromatic carbocycles. The highest BCUT2D eigenvalue weighted by Gasteiger charge is 2.19. The molecule has 0 fully saturated rings. The molecule has 0 saturated carbocycles. The van der Waals surface area contributed by atoms with Gasteiger partial charge in [-0.05, 0) is 24.3 Å². The lowest BCUT2D eigenvalue weighted by Crippen LogP contribution is -2.15. The maximum absolute atomic E-state index is 13.0. The molecule has 2 aromatic rings. The highest BCUT2D eigenvalue weighted by molar-refractivity contribution is 7.92. The van der Waals surface area contributed by atoms with E-state index < -0.39 is 15.8 Å². The quantitative estimate of drug-likeness (QED) is 0.943. The molecule has 0 aliphatic carbocycles. The van der Waals surface area contributed by atoms with E-state index in [0.29, 0.717) is 0 Å². The Hall–Kier alpha value is -1.37. The Labute approximate surface area is 119 Å². The predicted molar refractivity (Wildman–Crippen MR) is 71.5 cm³/mol. The van der Waals surface area contributed by atoms with Crippen molar-refractivity contribution in [2.75, 3.05) is 4.72 Å². The van der Waals surface area contributed by atoms with Gasteiger partial charge >= 0.3 is 0 Å². The second kappa shape index (κ2) is 5.32. The number of anilines is 1. The average Bonchev–Trinajstić information content (AvgIpc) is 2.35. The molecule has 1 heterocycles. The summed E-state index contributed by atoms with van der Waals surface area (Å²) in [6, 6.07) is 6.34. The zero-order valence-electron chi connectivity index (χ0n) is 9.27. The molecule has 8 heteroatoms. The van der Waals surface area contributed by atoms with Crippen LogP contribution < -0.4 is 4.72 Å². The molecule has 0 atom stereocenters. The summed E-state index contributed by atoms with van der Waals surface area (Å²) >= 11 is 11.5. The SMILES string of the molecule is O=S(=O)(Nc1c(Cl)cc(F)cc1Cl)c1ccccn1. The third-order valence-corrected chi connectivity index (χ3v) is 4.02. The van der Waals surface area contributed by atoms with Gasteiger partial charge in [-0.15, -0.1) is 0 Å². The number of nitrogens with one attached hydrogen (secondary N) is 1. The highest BCUT2D eigenvalue weighted by Crippen LogP contribution is 2.32. The van der Waals surface area contributed by atoms with Crippen molar-refractivity contribution in [3.05, 3.63) is 52.4 Å². The number of sulfonamides is 1. The maximum atomic E-state index is 13.0. The zero-order valence-corrected chi connectivity index (χ0v) is 11.6. The number of pyridine rings is 1. The summed E-state index contributed by atoms with van der Waals surface area (Å²) in [5, 5.41) is -0.458. The molecule has 0 bridgehead atoms. The molecule has 0 amide bonds. The highest BCUT2D eigenvalue weighted by atomic mass is 35.5. The lowest BCUT2D eigenvalue weighted by Gasteiger charge is -2.10. The van der Waals surface area contributed by atoms with Gasteiger partial charge < -0.3 is 0 Å². The van der Waals surface area contributed by atoms with Gasteiger partial charge in [-0.1, -0.05) is 29.3 Å². The van der Waals surface area contributed by atoms with E-state index in [1.807, 2.05) is 0 Å². The molecule has 0 unspecified atom stereocenters. The fourth-order valence-electron chi connectivity index (χ4n) is 1.33. The van der Waals surface area contributed by atoms with E-state index in [1.165, 1.54) is 18.3 Å². The van der Waals surface area contributed by atoms with Crippen molar-refractivity contribution in [2.45, 2.75) is 5.03 Å². The third-order valence-electron chi connectivity index (χ3n) is 2.16. The Kier molecular flexibility index (Phi) is 3.93. The molecule has 19 heavy (non-hydrogen) atoms. The van der Waals surface area contributed by atoms with E-state index in [9.17, 15) is 12.8 Å². The van der Waals surface area contributed by atoms with Crippen molar-refractivity contribution >= 4 is 38.9 Å². The van der Waals surface area contributed by atoms with Crippen LogP contribution in [0.4, 0.5) is 10.1 Å². The molecule has 1 aromatic heterocycles. The van der Waals surface area contributed by atoms with E-state index in [2.05, 4.69) is 9.71 Å². The largest absolute Gasteiger partial charge is 0.279 e. The van der Waals surface area contributed by atoms with E-state index in [-0.39, 0.29) is 20.8 Å². The summed E-state index contributed by atoms with van der Waals surface area (Å²) in [4.78, 5) is 3.71. The van der Waals surface area contributed by atoms with Crippen LogP contribution in [0.25, 0.3) is 0 Å². The first-order chi connectivity index (χ1) is 8.90. The summed E-state index contributed by atoms with van der Waals surface area (Å²) in [7, 11) is -3.92. The fourth-order valence-corrected chi connectivity index (χ4v) is 3.05. The van der Waals surface area contributed by atoms with Gasteiger partial charge in [0.1, 0.15) is 5.82 Å². The molecular weight excluding hydrogens is 314 g/mol. The van der Waals surface area contributed by atoms with Gasteiger partial charge in [-0.2, -0.15) is 8.42 Å². The van der Waals surface area contributed by atoms with Crippen LogP contribution in [0, 0.1) is 5.82 Å². The van der Waals surface area contributed by atoms with Gasteiger partial charge in [0.25, 0.3) is 10.0 Å². The summed E-state index contributed by atoms with van der Waals surface area (Å²) in [6.07, 6.45) is 1.34. The smallest absolute Gasteiger partial charge is 0.275 e. The lowest BCUT2D eigenvalue weighted by molar-refractivity contribution is 0.597. The van der Waals surface area contributed by atoms with Gasteiger partial charge in [0.05, 0.1) is 15.7 Å². The van der Waals surface area contributed by atoms with Crippen LogP contribution in [0.5, 0.6) is 0 Å². The van der Waals surface area contributed by atoms with Crippen LogP contribution in [0.15, 0.2) is 41.6 Å². The van der Waals surface area contributed by atoms with Crippen LogP contribution in [0.1, 0.15) is 0 Å². The molecular formula is C11H7Cl2FN2O2S. The first-order valence-corrected chi connectivity index (χ1v) is 7.22. The van der Waals surface area contributed by atoms with Crippen LogP contribution in [0.3, 0.4) is 0 Å². The molecule has 2 rings (SSSR count). The summed E-state index contributed by atoms with van der Waals surface area (Å²) in [6.45, 7) is 0. The topological polar surface area (TPSA) is 59.1 Å². The second-order valence-electron chi connectivity index (χ2n) is 3.52. The van der Waals surface area contributed by atoms with Crippen molar-refractivity contribution < 1.29 is 12.8 Å². The third kappa shape index (κ3) is 3.15. The minimum absolute atomic E-state index is 0.0876. The van der Waals surface area contributed by atoms with Gasteiger partial charge in [-0.3, -0.25) is 4.72 Å². The minimum Gasteiger partial charge on any atom is -0.275 e. The monoisotopic (exact) mass is 320 g/mol. The number of aromatic nitrogens is 1. The van der Waals surface area contributed by atoms with Gasteiger partial charge in [0, 0.05) is 6.20 Å². The van der Waals surface area contributed by atoms with Crippen molar-refractivity contribution in [1.29, 1.82) is 0 Å². The van der Waals surface area contributed by atoms with Crippen molar-refractivity contribution in [3.63, 3.8) is 0 Å². The normalized spacial score (nSPS) is 11.3. The van der Waals surface area contributed by atoms with Crippen LogP contribution in [0.2, 0.25) is 10.0 Å². The maximum Gasteiger partial charge on any atom is 0.279 e. The fraction of sp³-hybridized carbons (Fsp3) is 0. The second-order valence-corrected chi connectivity index (χ2v) is 5.96. The van der Waals surface area contributed by atoms with Crippen molar-refractivity contribution in [1.82, 2.24) is 4.98 Å². The van der Waals surface area contributed by atoms with E-state index in [1.54, 1.807) is 6.07 Å². The minimum atomic E-state index is -3.92. The standard InChI is InChI=1S/C11H7Cl2FN2O2S/c12-8-5-7(14)6-9(13)11(8)16-19(17,18)10-3-1-2-4-15-10/h1-6,16H. The molecule has 0 spiro atoms. The van der Waals surface area contributed by atoms with Gasteiger partial charge in [0.15, 0.2) is 5.03 Å². The number of nitrogens with zero attached hydrogens (tertiary/aromatic N) is 1. The van der Waals surface area contributed by atoms with Crippen molar-refractivity contribution in [2.24, 2.45) is 0 Å². The zero-order chi connectivity index (χ0) is 14.0. The van der Waals surface area contributed by atoms with Crippen molar-refractivity contribution in [3.8, 4) is 0 Å². The summed E-state index contributed by atoms with van der Waals surface area (Å²) in [5.41, 5.74) is -0.0876. The number of halogens is 3. The Morgan fingerprint density at radius 1 is 1.16 bits per heavy atom. The van der Waals surface area contributed by atoms with Crippen LogP contribution >= 0.6 is 23.2 Å². The molecule has 0 saturated heterocycles. The van der Waals surface area contributed by atoms with Gasteiger partial charge in [0.2, 0.25) is 0 Å². The summed E-state index contributed by atoms with van der Waals surface area (Å²) in [5.74, 6) is -0.657. The first-order valence-electron chi connectivity index (χ1n) is 4.98. The Morgan fingerprint density at radius 2 is 1.79 bits per heavy atom. The number of rotatable bonds is 3. The Bertz CT molecular complexity index is 685. The molecule has 0 aliphatic heterocycles. The van der Waals surface area contributed by atoms with E-state index >= 15 is 0 Å². The molecule has 0 aliphatic rings. The van der Waals surface area contributed by atoms with Gasteiger partial charge in [-0.25, -0.2) is 9.37 Å². The number of hydrogen-bond acceptors (Lipinski definition) is 3. The van der Waals surface area contributed by atoms with Crippen LogP contribution in [-0.4, -0.2) is 13.4 Å². The van der Waals surface area contributed by atoms with E-state index in [0.717, 1.165) is 12.1 Å². The lowest BCUT2D eigenvalue weighted by atomic mass is 10.3. The van der Waals surface area contributed by atoms with Crippen LogP contribution in [-0.2, 0) is 10.0 Å². The molecule has 0 radical (unpaired) electrons. The Morgan fingerprint density at radius 3 is 2.32 bits per heavy atom. The average molecular weight is 321 g/mol. The molecule has 1 N–H and O–H groups in total. The number of benzene rings is 1. The first kappa shape index (κ1) is 14.0.